The van der Waals surface area contributed by atoms with Gasteiger partial charge in [-0.2, -0.15) is 0 Å². The second-order valence-electron chi connectivity index (χ2n) is 4.59. The summed E-state index contributed by atoms with van der Waals surface area (Å²) in [5.74, 6) is 0. The molecule has 0 aliphatic rings. The van der Waals surface area contributed by atoms with Crippen molar-refractivity contribution in [3.63, 3.8) is 0 Å². The molecule has 88 valence electrons. The van der Waals surface area contributed by atoms with Crippen molar-refractivity contribution in [3.05, 3.63) is 53.1 Å². The molecule has 0 aliphatic heterocycles. The Morgan fingerprint density at radius 3 is 2.41 bits per heavy atom. The summed E-state index contributed by atoms with van der Waals surface area (Å²) < 4.78 is 0. The first-order chi connectivity index (χ1) is 8.11. The van der Waals surface area contributed by atoms with Gasteiger partial charge in [-0.05, 0) is 54.7 Å². The van der Waals surface area contributed by atoms with E-state index in [-0.39, 0.29) is 0 Å². The molecule has 0 radical (unpaired) electrons. The molecule has 0 atom stereocenters. The molecule has 2 N–H and O–H groups in total. The molecule has 0 heterocycles. The number of nitrogens with two attached hydrogens (primary N) is 1. The summed E-state index contributed by atoms with van der Waals surface area (Å²) in [6.07, 6.45) is 0.977. The number of hydrogen-bond donors (Lipinski definition) is 1. The SMILES string of the molecule is CCc1cc(-c2ccc(C)cc2C)ccc1N. The Morgan fingerprint density at radius 1 is 1.00 bits per heavy atom. The standard InChI is InChI=1S/C16H19N/c1-4-13-10-14(6-8-16(13)17)15-7-5-11(2)9-12(15)3/h5-10H,4,17H2,1-3H3. The first-order valence-corrected chi connectivity index (χ1v) is 6.08. The minimum absolute atomic E-state index is 0.890. The highest BCUT2D eigenvalue weighted by molar-refractivity contribution is 5.70. The summed E-state index contributed by atoms with van der Waals surface area (Å²) in [4.78, 5) is 0. The van der Waals surface area contributed by atoms with Gasteiger partial charge in [0.2, 0.25) is 0 Å². The highest BCUT2D eigenvalue weighted by Crippen LogP contribution is 2.27. The summed E-state index contributed by atoms with van der Waals surface area (Å²) in [7, 11) is 0. The zero-order valence-corrected chi connectivity index (χ0v) is 10.7. The largest absolute Gasteiger partial charge is 0.399 e. The van der Waals surface area contributed by atoms with Gasteiger partial charge in [0, 0.05) is 5.69 Å². The van der Waals surface area contributed by atoms with Gasteiger partial charge in [0.05, 0.1) is 0 Å². The number of benzene rings is 2. The molecule has 0 saturated carbocycles. The molecule has 0 amide bonds. The first-order valence-electron chi connectivity index (χ1n) is 6.08. The van der Waals surface area contributed by atoms with Gasteiger partial charge in [-0.15, -0.1) is 0 Å². The van der Waals surface area contributed by atoms with E-state index < -0.39 is 0 Å². The lowest BCUT2D eigenvalue weighted by atomic mass is 9.96. The minimum Gasteiger partial charge on any atom is -0.399 e. The molecule has 2 rings (SSSR count). The second kappa shape index (κ2) is 4.62. The fourth-order valence-electron chi connectivity index (χ4n) is 2.22. The Balaban J connectivity index is 2.53. The molecule has 0 bridgehead atoms. The number of hydrogen-bond acceptors (Lipinski definition) is 1. The van der Waals surface area contributed by atoms with Crippen LogP contribution in [-0.4, -0.2) is 0 Å². The summed E-state index contributed by atoms with van der Waals surface area (Å²) in [6.45, 7) is 6.42. The van der Waals surface area contributed by atoms with Crippen LogP contribution in [0, 0.1) is 13.8 Å². The van der Waals surface area contributed by atoms with Crippen molar-refractivity contribution in [1.82, 2.24) is 0 Å². The Hall–Kier alpha value is -1.76. The van der Waals surface area contributed by atoms with Crippen molar-refractivity contribution >= 4 is 5.69 Å². The van der Waals surface area contributed by atoms with Crippen LogP contribution in [0.1, 0.15) is 23.6 Å². The average molecular weight is 225 g/mol. The topological polar surface area (TPSA) is 26.0 Å². The van der Waals surface area contributed by atoms with Crippen molar-refractivity contribution in [2.45, 2.75) is 27.2 Å². The maximum atomic E-state index is 5.94. The van der Waals surface area contributed by atoms with Gasteiger partial charge in [-0.25, -0.2) is 0 Å². The molecule has 1 heteroatoms. The normalized spacial score (nSPS) is 10.5. The molecule has 17 heavy (non-hydrogen) atoms. The van der Waals surface area contributed by atoms with Crippen LogP contribution in [0.4, 0.5) is 5.69 Å². The van der Waals surface area contributed by atoms with Crippen LogP contribution >= 0.6 is 0 Å². The lowest BCUT2D eigenvalue weighted by Gasteiger charge is -2.10. The van der Waals surface area contributed by atoms with Crippen molar-refractivity contribution in [2.24, 2.45) is 0 Å². The Kier molecular flexibility index (Phi) is 3.19. The Morgan fingerprint density at radius 2 is 1.76 bits per heavy atom. The van der Waals surface area contributed by atoms with Gasteiger partial charge in [0.25, 0.3) is 0 Å². The molecule has 1 nitrogen and oxygen atoms in total. The molecular weight excluding hydrogens is 206 g/mol. The van der Waals surface area contributed by atoms with Crippen molar-refractivity contribution in [2.75, 3.05) is 5.73 Å². The summed E-state index contributed by atoms with van der Waals surface area (Å²) in [5.41, 5.74) is 13.2. The van der Waals surface area contributed by atoms with E-state index in [0.29, 0.717) is 0 Å². The Bertz CT molecular complexity index is 541. The van der Waals surface area contributed by atoms with Crippen LogP contribution < -0.4 is 5.73 Å². The molecule has 0 unspecified atom stereocenters. The van der Waals surface area contributed by atoms with Crippen molar-refractivity contribution < 1.29 is 0 Å². The fourth-order valence-corrected chi connectivity index (χ4v) is 2.22. The zero-order valence-electron chi connectivity index (χ0n) is 10.7. The predicted molar refractivity (Wildman–Crippen MR) is 75.1 cm³/mol. The number of aryl methyl sites for hydroxylation is 3. The lowest BCUT2D eigenvalue weighted by molar-refractivity contribution is 1.14. The Labute approximate surface area is 103 Å². The molecule has 2 aromatic rings. The van der Waals surface area contributed by atoms with Crippen molar-refractivity contribution in [3.8, 4) is 11.1 Å². The zero-order chi connectivity index (χ0) is 12.4. The van der Waals surface area contributed by atoms with E-state index in [1.165, 1.54) is 27.8 Å². The van der Waals surface area contributed by atoms with E-state index in [0.717, 1.165) is 12.1 Å². The third-order valence-electron chi connectivity index (χ3n) is 3.22. The highest BCUT2D eigenvalue weighted by Gasteiger charge is 2.04. The average Bonchev–Trinajstić information content (AvgIpc) is 2.30. The van der Waals surface area contributed by atoms with E-state index in [2.05, 4.69) is 51.1 Å². The van der Waals surface area contributed by atoms with E-state index in [4.69, 9.17) is 5.73 Å². The molecule has 0 aliphatic carbocycles. The number of nitrogen functional groups attached to an aromatic ring is 1. The number of anilines is 1. The summed E-state index contributed by atoms with van der Waals surface area (Å²) >= 11 is 0. The first kappa shape index (κ1) is 11.7. The van der Waals surface area contributed by atoms with Gasteiger partial charge in [-0.3, -0.25) is 0 Å². The minimum atomic E-state index is 0.890. The molecule has 2 aromatic carbocycles. The maximum absolute atomic E-state index is 5.94. The highest BCUT2D eigenvalue weighted by atomic mass is 14.6. The molecule has 0 spiro atoms. The van der Waals surface area contributed by atoms with Crippen LogP contribution in [0.3, 0.4) is 0 Å². The number of rotatable bonds is 2. The quantitative estimate of drug-likeness (QED) is 0.764. The fraction of sp³-hybridized carbons (Fsp3) is 0.250. The molecule has 0 saturated heterocycles. The summed E-state index contributed by atoms with van der Waals surface area (Å²) in [5, 5.41) is 0. The van der Waals surface area contributed by atoms with E-state index in [1.54, 1.807) is 0 Å². The molecule has 0 fully saturated rings. The van der Waals surface area contributed by atoms with E-state index in [9.17, 15) is 0 Å². The van der Waals surface area contributed by atoms with E-state index in [1.807, 2.05) is 6.07 Å². The second-order valence-corrected chi connectivity index (χ2v) is 4.59. The smallest absolute Gasteiger partial charge is 0.0346 e. The van der Waals surface area contributed by atoms with Crippen LogP contribution in [-0.2, 0) is 6.42 Å². The van der Waals surface area contributed by atoms with Gasteiger partial charge in [-0.1, -0.05) is 36.8 Å². The van der Waals surface area contributed by atoms with Crippen molar-refractivity contribution in [1.29, 1.82) is 0 Å². The predicted octanol–water partition coefficient (Wildman–Crippen LogP) is 4.12. The third-order valence-corrected chi connectivity index (χ3v) is 3.22. The molecule has 0 aromatic heterocycles. The monoisotopic (exact) mass is 225 g/mol. The van der Waals surface area contributed by atoms with E-state index >= 15 is 0 Å². The summed E-state index contributed by atoms with van der Waals surface area (Å²) in [6, 6.07) is 12.9. The van der Waals surface area contributed by atoms with Gasteiger partial charge >= 0.3 is 0 Å². The van der Waals surface area contributed by atoms with Gasteiger partial charge in [0.15, 0.2) is 0 Å². The van der Waals surface area contributed by atoms with Crippen LogP contribution in [0.25, 0.3) is 11.1 Å². The van der Waals surface area contributed by atoms with Crippen LogP contribution in [0.2, 0.25) is 0 Å². The van der Waals surface area contributed by atoms with Gasteiger partial charge in [0.1, 0.15) is 0 Å². The lowest BCUT2D eigenvalue weighted by Crippen LogP contribution is -1.94. The maximum Gasteiger partial charge on any atom is 0.0346 e. The van der Waals surface area contributed by atoms with Crippen LogP contribution in [0.5, 0.6) is 0 Å². The van der Waals surface area contributed by atoms with Crippen LogP contribution in [0.15, 0.2) is 36.4 Å². The third kappa shape index (κ3) is 2.33. The van der Waals surface area contributed by atoms with Gasteiger partial charge < -0.3 is 5.73 Å². The molecular formula is C16H19N.